The Labute approximate surface area is 114 Å². The van der Waals surface area contributed by atoms with Crippen LogP contribution in [-0.4, -0.2) is 50.6 Å². The number of fused-ring (bicyclic) bond motifs is 1. The standard InChI is InChI=1S/C14H22N4O/c1-10(9-18(2)3)17-14(19)11-5-4-6-12-13(11)16-8-7-15-12/h4-6,10,15-16H,7-9H2,1-3H3,(H,17,19). The highest BCUT2D eigenvalue weighted by Gasteiger charge is 2.18. The van der Waals surface area contributed by atoms with Gasteiger partial charge in [-0.05, 0) is 33.2 Å². The fourth-order valence-electron chi connectivity index (χ4n) is 2.36. The zero-order chi connectivity index (χ0) is 13.8. The summed E-state index contributed by atoms with van der Waals surface area (Å²) in [5.74, 6) is -0.0256. The third kappa shape index (κ3) is 3.38. The summed E-state index contributed by atoms with van der Waals surface area (Å²) in [6, 6.07) is 5.87. The van der Waals surface area contributed by atoms with Crippen LogP contribution in [0.3, 0.4) is 0 Å². The first-order valence-electron chi connectivity index (χ1n) is 6.64. The van der Waals surface area contributed by atoms with E-state index in [1.807, 2.05) is 39.2 Å². The molecule has 0 aliphatic carbocycles. The van der Waals surface area contributed by atoms with E-state index in [9.17, 15) is 4.79 Å². The number of anilines is 2. The number of hydrogen-bond donors (Lipinski definition) is 3. The quantitative estimate of drug-likeness (QED) is 0.763. The van der Waals surface area contributed by atoms with Crippen LogP contribution >= 0.6 is 0 Å². The molecule has 0 fully saturated rings. The van der Waals surface area contributed by atoms with Crippen molar-refractivity contribution < 1.29 is 4.79 Å². The summed E-state index contributed by atoms with van der Waals surface area (Å²) in [5, 5.41) is 9.61. The van der Waals surface area contributed by atoms with Gasteiger partial charge >= 0.3 is 0 Å². The van der Waals surface area contributed by atoms with Crippen LogP contribution in [0.2, 0.25) is 0 Å². The van der Waals surface area contributed by atoms with Crippen LogP contribution in [-0.2, 0) is 0 Å². The Balaban J connectivity index is 2.11. The minimum atomic E-state index is -0.0256. The summed E-state index contributed by atoms with van der Waals surface area (Å²) < 4.78 is 0. The van der Waals surface area contributed by atoms with Gasteiger partial charge < -0.3 is 20.9 Å². The summed E-state index contributed by atoms with van der Waals surface area (Å²) in [4.78, 5) is 14.4. The summed E-state index contributed by atoms with van der Waals surface area (Å²) in [6.45, 7) is 4.56. The van der Waals surface area contributed by atoms with E-state index in [1.54, 1.807) is 0 Å². The maximum atomic E-state index is 12.3. The molecule has 0 aromatic heterocycles. The van der Waals surface area contributed by atoms with Gasteiger partial charge in [0.2, 0.25) is 0 Å². The van der Waals surface area contributed by atoms with Gasteiger partial charge in [-0.2, -0.15) is 0 Å². The smallest absolute Gasteiger partial charge is 0.253 e. The van der Waals surface area contributed by atoms with E-state index in [2.05, 4.69) is 20.9 Å². The molecule has 0 saturated carbocycles. The van der Waals surface area contributed by atoms with E-state index in [4.69, 9.17) is 0 Å². The number of nitrogens with one attached hydrogen (secondary N) is 3. The van der Waals surface area contributed by atoms with Gasteiger partial charge in [0.25, 0.3) is 5.91 Å². The molecule has 0 bridgehead atoms. The summed E-state index contributed by atoms with van der Waals surface area (Å²) >= 11 is 0. The minimum absolute atomic E-state index is 0.0256. The Morgan fingerprint density at radius 2 is 2.11 bits per heavy atom. The molecular weight excluding hydrogens is 240 g/mol. The highest BCUT2D eigenvalue weighted by molar-refractivity contribution is 6.02. The first-order chi connectivity index (χ1) is 9.08. The number of amides is 1. The van der Waals surface area contributed by atoms with Crippen LogP contribution in [0.4, 0.5) is 11.4 Å². The zero-order valence-electron chi connectivity index (χ0n) is 11.8. The molecule has 5 heteroatoms. The molecule has 104 valence electrons. The third-order valence-electron chi connectivity index (χ3n) is 3.07. The number of rotatable bonds is 4. The largest absolute Gasteiger partial charge is 0.382 e. The average molecular weight is 262 g/mol. The van der Waals surface area contributed by atoms with E-state index in [0.29, 0.717) is 5.56 Å². The molecule has 1 aromatic rings. The van der Waals surface area contributed by atoms with Gasteiger partial charge in [-0.1, -0.05) is 6.07 Å². The summed E-state index contributed by atoms with van der Waals surface area (Å²) in [7, 11) is 4.00. The predicted molar refractivity (Wildman–Crippen MR) is 78.9 cm³/mol. The second kappa shape index (κ2) is 5.93. The molecule has 0 spiro atoms. The molecule has 0 saturated heterocycles. The molecule has 1 unspecified atom stereocenters. The molecule has 5 nitrogen and oxygen atoms in total. The number of benzene rings is 1. The molecular formula is C14H22N4O. The number of para-hydroxylation sites is 1. The maximum absolute atomic E-state index is 12.3. The molecule has 3 N–H and O–H groups in total. The average Bonchev–Trinajstić information content (AvgIpc) is 2.36. The first kappa shape index (κ1) is 13.7. The van der Waals surface area contributed by atoms with Gasteiger partial charge in [0.15, 0.2) is 0 Å². The lowest BCUT2D eigenvalue weighted by Gasteiger charge is -2.23. The number of nitrogens with zero attached hydrogens (tertiary/aromatic N) is 1. The van der Waals surface area contributed by atoms with Crippen LogP contribution in [0.25, 0.3) is 0 Å². The first-order valence-corrected chi connectivity index (χ1v) is 6.64. The van der Waals surface area contributed by atoms with E-state index in [1.165, 1.54) is 0 Å². The Hall–Kier alpha value is -1.75. The van der Waals surface area contributed by atoms with Crippen molar-refractivity contribution in [2.45, 2.75) is 13.0 Å². The van der Waals surface area contributed by atoms with E-state index < -0.39 is 0 Å². The fourth-order valence-corrected chi connectivity index (χ4v) is 2.36. The van der Waals surface area contributed by atoms with Crippen LogP contribution in [0.15, 0.2) is 18.2 Å². The van der Waals surface area contributed by atoms with E-state index in [-0.39, 0.29) is 11.9 Å². The number of likely N-dealkylation sites (N-methyl/N-ethyl adjacent to an activating group) is 1. The van der Waals surface area contributed by atoms with Gasteiger partial charge in [-0.25, -0.2) is 0 Å². The van der Waals surface area contributed by atoms with Gasteiger partial charge in [0.1, 0.15) is 0 Å². The number of carbonyl (C=O) groups excluding carboxylic acids is 1. The Morgan fingerprint density at radius 1 is 1.37 bits per heavy atom. The normalized spacial score (nSPS) is 15.2. The van der Waals surface area contributed by atoms with Crippen molar-refractivity contribution in [1.82, 2.24) is 10.2 Å². The summed E-state index contributed by atoms with van der Waals surface area (Å²) in [6.07, 6.45) is 0. The van der Waals surface area contributed by atoms with Crippen LogP contribution in [0.5, 0.6) is 0 Å². The Bertz CT molecular complexity index is 459. The lowest BCUT2D eigenvalue weighted by Crippen LogP contribution is -2.40. The Kier molecular flexibility index (Phi) is 4.27. The SMILES string of the molecule is CC(CN(C)C)NC(=O)c1cccc2c1NCCN2. The summed E-state index contributed by atoms with van der Waals surface area (Å²) in [5.41, 5.74) is 2.61. The Morgan fingerprint density at radius 3 is 2.84 bits per heavy atom. The van der Waals surface area contributed by atoms with Crippen LogP contribution in [0, 0.1) is 0 Å². The number of carbonyl (C=O) groups is 1. The third-order valence-corrected chi connectivity index (χ3v) is 3.07. The van der Waals surface area contributed by atoms with Crippen molar-refractivity contribution in [2.24, 2.45) is 0 Å². The van der Waals surface area contributed by atoms with Crippen molar-refractivity contribution in [2.75, 3.05) is 44.4 Å². The molecule has 2 rings (SSSR count). The zero-order valence-corrected chi connectivity index (χ0v) is 11.8. The van der Waals surface area contributed by atoms with Crippen LogP contribution in [0.1, 0.15) is 17.3 Å². The fraction of sp³-hybridized carbons (Fsp3) is 0.500. The highest BCUT2D eigenvalue weighted by Crippen LogP contribution is 2.28. The monoisotopic (exact) mass is 262 g/mol. The molecule has 1 aromatic carbocycles. The van der Waals surface area contributed by atoms with Gasteiger partial charge in [0.05, 0.1) is 16.9 Å². The van der Waals surface area contributed by atoms with Crippen molar-refractivity contribution in [1.29, 1.82) is 0 Å². The minimum Gasteiger partial charge on any atom is -0.382 e. The van der Waals surface area contributed by atoms with Crippen molar-refractivity contribution >= 4 is 17.3 Å². The lowest BCUT2D eigenvalue weighted by molar-refractivity contribution is 0.0935. The van der Waals surface area contributed by atoms with Crippen molar-refractivity contribution in [3.8, 4) is 0 Å². The second-order valence-corrected chi connectivity index (χ2v) is 5.22. The molecule has 0 radical (unpaired) electrons. The second-order valence-electron chi connectivity index (χ2n) is 5.22. The van der Waals surface area contributed by atoms with E-state index >= 15 is 0 Å². The molecule has 1 atom stereocenters. The highest BCUT2D eigenvalue weighted by atomic mass is 16.1. The lowest BCUT2D eigenvalue weighted by atomic mass is 10.1. The van der Waals surface area contributed by atoms with Gasteiger partial charge in [-0.15, -0.1) is 0 Å². The van der Waals surface area contributed by atoms with Crippen LogP contribution < -0.4 is 16.0 Å². The molecule has 1 aliphatic heterocycles. The molecule has 1 amide bonds. The number of hydrogen-bond acceptors (Lipinski definition) is 4. The van der Waals surface area contributed by atoms with E-state index in [0.717, 1.165) is 31.0 Å². The van der Waals surface area contributed by atoms with Gasteiger partial charge in [-0.3, -0.25) is 4.79 Å². The van der Waals surface area contributed by atoms with Crippen molar-refractivity contribution in [3.63, 3.8) is 0 Å². The molecule has 1 aliphatic rings. The topological polar surface area (TPSA) is 56.4 Å². The predicted octanol–water partition coefficient (Wildman–Crippen LogP) is 1.20. The van der Waals surface area contributed by atoms with Crippen molar-refractivity contribution in [3.05, 3.63) is 23.8 Å². The maximum Gasteiger partial charge on any atom is 0.253 e. The molecule has 19 heavy (non-hydrogen) atoms. The molecule has 1 heterocycles. The van der Waals surface area contributed by atoms with Gasteiger partial charge in [0, 0.05) is 25.7 Å².